The highest BCUT2D eigenvalue weighted by molar-refractivity contribution is 9.10. The molecule has 2 nitrogen and oxygen atoms in total. The summed E-state index contributed by atoms with van der Waals surface area (Å²) >= 11 is 3.00. The lowest BCUT2D eigenvalue weighted by molar-refractivity contribution is -0.136. The Kier molecular flexibility index (Phi) is 3.42. The Labute approximate surface area is 83.5 Å². The summed E-state index contributed by atoms with van der Waals surface area (Å²) in [5.74, 6) is -1.23. The van der Waals surface area contributed by atoms with Crippen molar-refractivity contribution < 1.29 is 14.3 Å². The number of halogens is 2. The predicted molar refractivity (Wildman–Crippen MR) is 50.5 cm³/mol. The van der Waals surface area contributed by atoms with E-state index in [9.17, 15) is 9.18 Å². The largest absolute Gasteiger partial charge is 0.480 e. The molecule has 0 aliphatic rings. The third-order valence-corrected chi connectivity index (χ3v) is 2.31. The van der Waals surface area contributed by atoms with Crippen molar-refractivity contribution in [2.75, 3.05) is 0 Å². The van der Waals surface area contributed by atoms with Crippen LogP contribution in [0.3, 0.4) is 0 Å². The van der Waals surface area contributed by atoms with E-state index in [0.717, 1.165) is 5.56 Å². The smallest absolute Gasteiger partial charge is 0.317 e. The number of benzene rings is 1. The zero-order valence-corrected chi connectivity index (χ0v) is 8.29. The molecule has 4 heteroatoms. The molecule has 0 aromatic heterocycles. The van der Waals surface area contributed by atoms with Gasteiger partial charge in [0.1, 0.15) is 10.6 Å². The number of carboxylic acids is 1. The maximum Gasteiger partial charge on any atom is 0.317 e. The van der Waals surface area contributed by atoms with Crippen LogP contribution in [-0.4, -0.2) is 15.9 Å². The number of hydrogen-bond acceptors (Lipinski definition) is 1. The quantitative estimate of drug-likeness (QED) is 0.831. The highest BCUT2D eigenvalue weighted by atomic mass is 79.9. The summed E-state index contributed by atoms with van der Waals surface area (Å²) in [6.45, 7) is 0. The Morgan fingerprint density at radius 3 is 2.46 bits per heavy atom. The molecule has 13 heavy (non-hydrogen) atoms. The predicted octanol–water partition coefficient (Wildman–Crippen LogP) is 2.22. The normalized spacial score (nSPS) is 12.5. The molecule has 0 unspecified atom stereocenters. The van der Waals surface area contributed by atoms with Gasteiger partial charge in [-0.3, -0.25) is 4.79 Å². The van der Waals surface area contributed by atoms with Gasteiger partial charge in [0.15, 0.2) is 0 Å². The number of carbonyl (C=O) groups is 1. The Morgan fingerprint density at radius 1 is 1.46 bits per heavy atom. The number of carboxylic acid groups (broad SMARTS) is 1. The Balaban J connectivity index is 2.64. The van der Waals surface area contributed by atoms with Crippen molar-refractivity contribution in [1.82, 2.24) is 0 Å². The van der Waals surface area contributed by atoms with Crippen molar-refractivity contribution in [3.63, 3.8) is 0 Å². The van der Waals surface area contributed by atoms with Crippen LogP contribution in [0.15, 0.2) is 24.3 Å². The van der Waals surface area contributed by atoms with Crippen molar-refractivity contribution >= 4 is 21.9 Å². The first-order chi connectivity index (χ1) is 6.09. The van der Waals surface area contributed by atoms with Gasteiger partial charge in [-0.15, -0.1) is 0 Å². The van der Waals surface area contributed by atoms with Crippen molar-refractivity contribution in [3.05, 3.63) is 35.6 Å². The minimum absolute atomic E-state index is 0.315. The van der Waals surface area contributed by atoms with Crippen molar-refractivity contribution in [2.45, 2.75) is 11.2 Å². The first-order valence-electron chi connectivity index (χ1n) is 3.71. The molecule has 1 aromatic carbocycles. The summed E-state index contributed by atoms with van der Waals surface area (Å²) in [4.78, 5) is 9.84. The standard InChI is InChI=1S/C9H8BrFO2/c10-8(9(12)13)5-6-1-3-7(11)4-2-6/h1-4,8H,5H2,(H,12,13)/t8-/m0/s1. The van der Waals surface area contributed by atoms with Gasteiger partial charge in [0.25, 0.3) is 0 Å². The maximum atomic E-state index is 12.5. The molecule has 1 aromatic rings. The first kappa shape index (κ1) is 10.2. The SMILES string of the molecule is O=C(O)[C@@H](Br)Cc1ccc(F)cc1. The van der Waals surface area contributed by atoms with E-state index < -0.39 is 10.8 Å². The molecule has 0 amide bonds. The number of aliphatic carboxylic acids is 1. The fourth-order valence-electron chi connectivity index (χ4n) is 0.915. The van der Waals surface area contributed by atoms with E-state index in [2.05, 4.69) is 15.9 Å². The molecular formula is C9H8BrFO2. The minimum atomic E-state index is -0.913. The Hall–Kier alpha value is -0.900. The summed E-state index contributed by atoms with van der Waals surface area (Å²) in [5, 5.41) is 8.58. The second kappa shape index (κ2) is 4.37. The van der Waals surface area contributed by atoms with Crippen LogP contribution in [0.2, 0.25) is 0 Å². The first-order valence-corrected chi connectivity index (χ1v) is 4.62. The molecule has 0 heterocycles. The highest BCUT2D eigenvalue weighted by Crippen LogP contribution is 2.10. The summed E-state index contributed by atoms with van der Waals surface area (Å²) < 4.78 is 12.5. The lowest BCUT2D eigenvalue weighted by Gasteiger charge is -2.03. The van der Waals surface area contributed by atoms with E-state index in [1.807, 2.05) is 0 Å². The fraction of sp³-hybridized carbons (Fsp3) is 0.222. The molecule has 0 saturated carbocycles. The van der Waals surface area contributed by atoms with Crippen LogP contribution < -0.4 is 0 Å². The van der Waals surface area contributed by atoms with E-state index in [1.54, 1.807) is 12.1 Å². The summed E-state index contributed by atoms with van der Waals surface area (Å²) in [6.07, 6.45) is 0.357. The second-order valence-electron chi connectivity index (χ2n) is 2.64. The van der Waals surface area contributed by atoms with Gasteiger partial charge >= 0.3 is 5.97 Å². The van der Waals surface area contributed by atoms with Gasteiger partial charge in [0.2, 0.25) is 0 Å². The van der Waals surface area contributed by atoms with Gasteiger partial charge in [-0.1, -0.05) is 28.1 Å². The second-order valence-corrected chi connectivity index (χ2v) is 3.74. The van der Waals surface area contributed by atoms with Gasteiger partial charge in [0.05, 0.1) is 0 Å². The molecule has 0 bridgehead atoms. The molecule has 0 aliphatic heterocycles. The van der Waals surface area contributed by atoms with Crippen LogP contribution in [0.5, 0.6) is 0 Å². The van der Waals surface area contributed by atoms with E-state index in [0.29, 0.717) is 6.42 Å². The van der Waals surface area contributed by atoms with Gasteiger partial charge in [-0.05, 0) is 24.1 Å². The summed E-state index contributed by atoms with van der Waals surface area (Å²) in [5.41, 5.74) is 0.797. The third-order valence-electron chi connectivity index (χ3n) is 1.60. The lowest BCUT2D eigenvalue weighted by Crippen LogP contribution is -2.15. The van der Waals surface area contributed by atoms with Crippen molar-refractivity contribution in [3.8, 4) is 0 Å². The van der Waals surface area contributed by atoms with E-state index in [-0.39, 0.29) is 5.82 Å². The van der Waals surface area contributed by atoms with E-state index in [4.69, 9.17) is 5.11 Å². The third kappa shape index (κ3) is 3.14. The molecule has 1 N–H and O–H groups in total. The van der Waals surface area contributed by atoms with Crippen LogP contribution in [-0.2, 0) is 11.2 Å². The summed E-state index contributed by atoms with van der Waals surface area (Å²) in [7, 11) is 0. The average molecular weight is 247 g/mol. The van der Waals surface area contributed by atoms with Crippen LogP contribution in [0.1, 0.15) is 5.56 Å². The monoisotopic (exact) mass is 246 g/mol. The topological polar surface area (TPSA) is 37.3 Å². The molecule has 0 saturated heterocycles. The van der Waals surface area contributed by atoms with Crippen LogP contribution in [0.4, 0.5) is 4.39 Å². The zero-order valence-electron chi connectivity index (χ0n) is 6.71. The van der Waals surface area contributed by atoms with Crippen LogP contribution >= 0.6 is 15.9 Å². The van der Waals surface area contributed by atoms with E-state index in [1.165, 1.54) is 12.1 Å². The molecule has 70 valence electrons. The van der Waals surface area contributed by atoms with Crippen molar-refractivity contribution in [2.24, 2.45) is 0 Å². The van der Waals surface area contributed by atoms with Gasteiger partial charge < -0.3 is 5.11 Å². The molecule has 0 spiro atoms. The maximum absolute atomic E-state index is 12.5. The van der Waals surface area contributed by atoms with E-state index >= 15 is 0 Å². The average Bonchev–Trinajstić information content (AvgIpc) is 2.08. The van der Waals surface area contributed by atoms with Gasteiger partial charge in [0, 0.05) is 0 Å². The molecular weight excluding hydrogens is 239 g/mol. The summed E-state index contributed by atoms with van der Waals surface area (Å²) in [6, 6.07) is 5.78. The Morgan fingerprint density at radius 2 is 2.00 bits per heavy atom. The zero-order chi connectivity index (χ0) is 9.84. The number of hydrogen-bond donors (Lipinski definition) is 1. The molecule has 0 aliphatic carbocycles. The fourth-order valence-corrected chi connectivity index (χ4v) is 1.29. The molecule has 0 fully saturated rings. The van der Waals surface area contributed by atoms with Crippen LogP contribution in [0.25, 0.3) is 0 Å². The molecule has 1 atom stereocenters. The van der Waals surface area contributed by atoms with Gasteiger partial charge in [-0.25, -0.2) is 4.39 Å². The van der Waals surface area contributed by atoms with Gasteiger partial charge in [-0.2, -0.15) is 0 Å². The highest BCUT2D eigenvalue weighted by Gasteiger charge is 2.13. The Bertz CT molecular complexity index is 297. The van der Waals surface area contributed by atoms with Crippen molar-refractivity contribution in [1.29, 1.82) is 0 Å². The minimum Gasteiger partial charge on any atom is -0.480 e. The molecule has 1 rings (SSSR count). The number of rotatable bonds is 3. The lowest BCUT2D eigenvalue weighted by atomic mass is 10.1. The molecule has 0 radical (unpaired) electrons. The number of alkyl halides is 1. The van der Waals surface area contributed by atoms with Crippen LogP contribution in [0, 0.1) is 5.82 Å².